The Kier molecular flexibility index (Phi) is 3.46. The molecule has 0 atom stereocenters. The summed E-state index contributed by atoms with van der Waals surface area (Å²) in [5, 5.41) is 3.61. The van der Waals surface area contributed by atoms with Crippen LogP contribution in [0.1, 0.15) is 12.8 Å². The van der Waals surface area contributed by atoms with Crippen LogP contribution in [0.4, 0.5) is 6.01 Å². The molecule has 1 aliphatic rings. The molecule has 5 heteroatoms. The molecule has 0 bridgehead atoms. The predicted molar refractivity (Wildman–Crippen MR) is 74.4 cm³/mol. The molecule has 100 valence electrons. The molecule has 0 spiro atoms. The number of fused-ring (bicyclic) bond motifs is 1. The molecular weight excluding hydrogens is 242 g/mol. The van der Waals surface area contributed by atoms with Gasteiger partial charge in [-0.25, -0.2) is 0 Å². The lowest BCUT2D eigenvalue weighted by atomic mass is 10.2. The van der Waals surface area contributed by atoms with Crippen molar-refractivity contribution < 1.29 is 4.42 Å². The van der Waals surface area contributed by atoms with Crippen LogP contribution in [0.5, 0.6) is 0 Å². The molecule has 1 fully saturated rings. The summed E-state index contributed by atoms with van der Waals surface area (Å²) < 4.78 is 5.57. The molecule has 1 saturated heterocycles. The van der Waals surface area contributed by atoms with Crippen molar-refractivity contribution in [3.05, 3.63) is 34.6 Å². The molecule has 0 saturated carbocycles. The summed E-state index contributed by atoms with van der Waals surface area (Å²) in [6, 6.07) is 7.47. The summed E-state index contributed by atoms with van der Waals surface area (Å²) in [6.45, 7) is 4.03. The van der Waals surface area contributed by atoms with Crippen molar-refractivity contribution in [2.24, 2.45) is 0 Å². The summed E-state index contributed by atoms with van der Waals surface area (Å²) in [5.74, 6) is 0. The fraction of sp³-hybridized carbons (Fsp3) is 0.429. The second kappa shape index (κ2) is 5.40. The van der Waals surface area contributed by atoms with E-state index < -0.39 is 0 Å². The monoisotopic (exact) mass is 259 g/mol. The van der Waals surface area contributed by atoms with Crippen molar-refractivity contribution in [1.29, 1.82) is 0 Å². The predicted octanol–water partition coefficient (Wildman–Crippen LogP) is 1.70. The molecule has 1 aromatic heterocycles. The Hall–Kier alpha value is -1.88. The van der Waals surface area contributed by atoms with Crippen molar-refractivity contribution in [1.82, 2.24) is 9.88 Å². The number of anilines is 1. The first kappa shape index (κ1) is 12.2. The van der Waals surface area contributed by atoms with E-state index in [1.54, 1.807) is 18.2 Å². The van der Waals surface area contributed by atoms with Crippen LogP contribution in [0.25, 0.3) is 11.0 Å². The number of hydrogen-bond donors (Lipinski definition) is 1. The molecule has 0 unspecified atom stereocenters. The largest absolute Gasteiger partial charge is 0.425 e. The van der Waals surface area contributed by atoms with Crippen LogP contribution >= 0.6 is 0 Å². The average molecular weight is 259 g/mol. The van der Waals surface area contributed by atoms with E-state index in [0.717, 1.165) is 26.2 Å². The number of hydrogen-bond acceptors (Lipinski definition) is 5. The summed E-state index contributed by atoms with van der Waals surface area (Å²) >= 11 is 0. The number of aromatic nitrogens is 1. The minimum atomic E-state index is -0.245. The first-order valence-electron chi connectivity index (χ1n) is 6.69. The van der Waals surface area contributed by atoms with Crippen LogP contribution in [-0.4, -0.2) is 36.1 Å². The zero-order valence-corrected chi connectivity index (χ0v) is 10.8. The second-order valence-electron chi connectivity index (χ2n) is 4.80. The molecule has 0 radical (unpaired) electrons. The first-order chi connectivity index (χ1) is 9.33. The van der Waals surface area contributed by atoms with E-state index >= 15 is 0 Å². The van der Waals surface area contributed by atoms with Crippen LogP contribution in [-0.2, 0) is 0 Å². The highest BCUT2D eigenvalue weighted by Gasteiger charge is 2.11. The summed E-state index contributed by atoms with van der Waals surface area (Å²) in [7, 11) is 0. The van der Waals surface area contributed by atoms with Gasteiger partial charge in [0, 0.05) is 13.1 Å². The Labute approximate surface area is 111 Å². The standard InChI is InChI=1S/C14H17N3O2/c18-13-11-5-1-2-6-12(11)19-14(16-13)15-7-10-17-8-3-4-9-17/h1-2,5-6H,3-4,7-10H2,(H,15,16,18). The third kappa shape index (κ3) is 2.76. The maximum absolute atomic E-state index is 11.8. The van der Waals surface area contributed by atoms with E-state index in [4.69, 9.17) is 4.42 Å². The van der Waals surface area contributed by atoms with E-state index in [1.165, 1.54) is 12.8 Å². The zero-order chi connectivity index (χ0) is 13.1. The summed E-state index contributed by atoms with van der Waals surface area (Å²) in [6.07, 6.45) is 2.56. The Morgan fingerprint density at radius 1 is 1.26 bits per heavy atom. The van der Waals surface area contributed by atoms with Gasteiger partial charge in [-0.1, -0.05) is 12.1 Å². The van der Waals surface area contributed by atoms with Crippen LogP contribution < -0.4 is 10.9 Å². The van der Waals surface area contributed by atoms with Crippen molar-refractivity contribution >= 4 is 17.0 Å². The van der Waals surface area contributed by atoms with Crippen LogP contribution in [0, 0.1) is 0 Å². The van der Waals surface area contributed by atoms with Gasteiger partial charge in [0.25, 0.3) is 11.6 Å². The third-order valence-electron chi connectivity index (χ3n) is 3.43. The minimum absolute atomic E-state index is 0.245. The SMILES string of the molecule is O=c1nc(NCCN2CCCC2)oc2ccccc12. The third-order valence-corrected chi connectivity index (χ3v) is 3.43. The number of nitrogens with one attached hydrogen (secondary N) is 1. The molecular formula is C14H17N3O2. The van der Waals surface area contributed by atoms with Gasteiger partial charge in [-0.3, -0.25) is 4.79 Å². The van der Waals surface area contributed by atoms with Crippen molar-refractivity contribution in [2.75, 3.05) is 31.5 Å². The van der Waals surface area contributed by atoms with Gasteiger partial charge < -0.3 is 14.6 Å². The molecule has 19 heavy (non-hydrogen) atoms. The van der Waals surface area contributed by atoms with Crippen molar-refractivity contribution in [3.63, 3.8) is 0 Å². The van der Waals surface area contributed by atoms with E-state index in [0.29, 0.717) is 17.0 Å². The molecule has 2 aromatic rings. The van der Waals surface area contributed by atoms with Gasteiger partial charge in [-0.2, -0.15) is 4.98 Å². The molecule has 1 aliphatic heterocycles. The Balaban J connectivity index is 1.69. The topological polar surface area (TPSA) is 58.4 Å². The number of nitrogens with zero attached hydrogens (tertiary/aromatic N) is 2. The Morgan fingerprint density at radius 3 is 2.89 bits per heavy atom. The number of rotatable bonds is 4. The molecule has 0 aliphatic carbocycles. The normalized spacial score (nSPS) is 16.0. The zero-order valence-electron chi connectivity index (χ0n) is 10.8. The van der Waals surface area contributed by atoms with E-state index in [2.05, 4.69) is 15.2 Å². The lowest BCUT2D eigenvalue weighted by Gasteiger charge is -2.14. The minimum Gasteiger partial charge on any atom is -0.425 e. The molecule has 1 aromatic carbocycles. The summed E-state index contributed by atoms with van der Waals surface area (Å²) in [5.41, 5.74) is 0.330. The van der Waals surface area contributed by atoms with Gasteiger partial charge in [0.15, 0.2) is 0 Å². The second-order valence-corrected chi connectivity index (χ2v) is 4.80. The highest BCUT2D eigenvalue weighted by atomic mass is 16.4. The average Bonchev–Trinajstić information content (AvgIpc) is 2.92. The fourth-order valence-electron chi connectivity index (χ4n) is 2.41. The first-order valence-corrected chi connectivity index (χ1v) is 6.69. The molecule has 5 nitrogen and oxygen atoms in total. The number of benzene rings is 1. The van der Waals surface area contributed by atoms with Crippen LogP contribution in [0.15, 0.2) is 33.5 Å². The highest BCUT2D eigenvalue weighted by Crippen LogP contribution is 2.12. The Bertz CT molecular complexity index is 617. The van der Waals surface area contributed by atoms with E-state index in [1.807, 2.05) is 6.07 Å². The maximum Gasteiger partial charge on any atom is 0.298 e. The lowest BCUT2D eigenvalue weighted by molar-refractivity contribution is 0.351. The van der Waals surface area contributed by atoms with E-state index in [-0.39, 0.29) is 5.56 Å². The molecule has 1 N–H and O–H groups in total. The lowest BCUT2D eigenvalue weighted by Crippen LogP contribution is -2.26. The van der Waals surface area contributed by atoms with E-state index in [9.17, 15) is 4.79 Å². The number of likely N-dealkylation sites (tertiary alicyclic amines) is 1. The smallest absolute Gasteiger partial charge is 0.298 e. The quantitative estimate of drug-likeness (QED) is 0.905. The molecule has 2 heterocycles. The maximum atomic E-state index is 11.8. The fourth-order valence-corrected chi connectivity index (χ4v) is 2.41. The van der Waals surface area contributed by atoms with Gasteiger partial charge in [0.1, 0.15) is 5.58 Å². The van der Waals surface area contributed by atoms with Gasteiger partial charge in [0.05, 0.1) is 5.39 Å². The van der Waals surface area contributed by atoms with Crippen LogP contribution in [0.3, 0.4) is 0 Å². The molecule has 3 rings (SSSR count). The van der Waals surface area contributed by atoms with Crippen molar-refractivity contribution in [3.8, 4) is 0 Å². The van der Waals surface area contributed by atoms with Crippen LogP contribution in [0.2, 0.25) is 0 Å². The van der Waals surface area contributed by atoms with Gasteiger partial charge in [-0.15, -0.1) is 0 Å². The highest BCUT2D eigenvalue weighted by molar-refractivity contribution is 5.75. The number of para-hydroxylation sites is 1. The van der Waals surface area contributed by atoms with Crippen molar-refractivity contribution in [2.45, 2.75) is 12.8 Å². The molecule has 0 amide bonds. The van der Waals surface area contributed by atoms with Gasteiger partial charge in [-0.05, 0) is 38.1 Å². The Morgan fingerprint density at radius 2 is 2.05 bits per heavy atom. The summed E-state index contributed by atoms with van der Waals surface area (Å²) in [4.78, 5) is 18.1. The van der Waals surface area contributed by atoms with Gasteiger partial charge >= 0.3 is 0 Å². The van der Waals surface area contributed by atoms with Gasteiger partial charge in [0.2, 0.25) is 0 Å².